The molecule has 0 bridgehead atoms. The van der Waals surface area contributed by atoms with E-state index in [-0.39, 0.29) is 32.8 Å². The van der Waals surface area contributed by atoms with E-state index in [1.165, 1.54) is 18.0 Å². The average molecular weight is 699 g/mol. The molecule has 0 unspecified atom stereocenters. The van der Waals surface area contributed by atoms with Gasteiger partial charge in [0.15, 0.2) is 0 Å². The molecule has 2 amide bonds. The predicted molar refractivity (Wildman–Crippen MR) is 214 cm³/mol. The van der Waals surface area contributed by atoms with Crippen molar-refractivity contribution in [1.82, 2.24) is 9.97 Å². The number of aromatic nitrogens is 2. The summed E-state index contributed by atoms with van der Waals surface area (Å²) in [5.41, 5.74) is 12.1. The van der Waals surface area contributed by atoms with Crippen LogP contribution in [0.15, 0.2) is 107 Å². The van der Waals surface area contributed by atoms with Crippen molar-refractivity contribution in [2.75, 3.05) is 35.4 Å². The molecule has 0 radical (unpaired) electrons. The quantitative estimate of drug-likeness (QED) is 0.116. The highest BCUT2D eigenvalue weighted by molar-refractivity contribution is 6.06. The molecule has 2 heterocycles. The molecule has 0 spiro atoms. The third kappa shape index (κ3) is 8.07. The number of H-pyrrole nitrogens is 2. The number of pyridine rings is 2. The number of hydrogen-bond donors (Lipinski definition) is 5. The molecule has 2 aromatic heterocycles. The maximum absolute atomic E-state index is 12.7. The number of hydrogen-bond acceptors (Lipinski definition) is 6. The van der Waals surface area contributed by atoms with Crippen molar-refractivity contribution in [3.63, 3.8) is 0 Å². The van der Waals surface area contributed by atoms with Crippen LogP contribution in [-0.2, 0) is 10.8 Å². The van der Waals surface area contributed by atoms with Gasteiger partial charge in [0, 0.05) is 71.0 Å². The normalized spacial score (nSPS) is 11.5. The van der Waals surface area contributed by atoms with Crippen LogP contribution in [0.2, 0.25) is 0 Å². The maximum Gasteiger partial charge on any atom is 0.261 e. The zero-order valence-corrected chi connectivity index (χ0v) is 30.9. The van der Waals surface area contributed by atoms with Gasteiger partial charge in [-0.15, -0.1) is 0 Å². The molecule has 0 atom stereocenters. The molecule has 4 aromatic carbocycles. The van der Waals surface area contributed by atoms with Gasteiger partial charge in [0.25, 0.3) is 11.8 Å². The number of para-hydroxylation sites is 2. The lowest BCUT2D eigenvalue weighted by atomic mass is 9.85. The first kappa shape index (κ1) is 37.1. The van der Waals surface area contributed by atoms with E-state index in [2.05, 4.69) is 62.1 Å². The summed E-state index contributed by atoms with van der Waals surface area (Å²) in [7, 11) is 3.95. The van der Waals surface area contributed by atoms with E-state index in [9.17, 15) is 19.2 Å². The molecule has 10 nitrogen and oxygen atoms in total. The van der Waals surface area contributed by atoms with Crippen molar-refractivity contribution >= 4 is 56.4 Å². The van der Waals surface area contributed by atoms with Crippen LogP contribution in [-0.4, -0.2) is 35.9 Å². The second-order valence-electron chi connectivity index (χ2n) is 15.0. The molecular weight excluding hydrogens is 652 g/mol. The Bertz CT molecular complexity index is 2410. The Kier molecular flexibility index (Phi) is 10.4. The van der Waals surface area contributed by atoms with E-state index >= 15 is 0 Å². The van der Waals surface area contributed by atoms with Gasteiger partial charge < -0.3 is 31.2 Å². The SMILES string of the molecule is CC(C)(C)c1ccc(NC(=O)c2c[nH]c3ccccc3c2=O)cc1N.CN(C)c1cc(NC(=O)c2c[nH]c3ccccc3c2=O)ccc1C(C)(C)C. The van der Waals surface area contributed by atoms with Crippen LogP contribution in [0.3, 0.4) is 0 Å². The number of nitrogen functional groups attached to an aromatic ring is 1. The zero-order chi connectivity index (χ0) is 38.0. The number of benzene rings is 4. The molecule has 10 heteroatoms. The van der Waals surface area contributed by atoms with Gasteiger partial charge in [0.05, 0.1) is 0 Å². The number of nitrogens with one attached hydrogen (secondary N) is 4. The first-order valence-corrected chi connectivity index (χ1v) is 17.0. The fourth-order valence-corrected chi connectivity index (χ4v) is 6.01. The molecular formula is C42H46N6O4. The molecule has 6 rings (SSSR count). The Morgan fingerprint density at radius 1 is 0.615 bits per heavy atom. The summed E-state index contributed by atoms with van der Waals surface area (Å²) in [6, 6.07) is 25.5. The van der Waals surface area contributed by atoms with Crippen molar-refractivity contribution < 1.29 is 9.59 Å². The van der Waals surface area contributed by atoms with Crippen LogP contribution in [0, 0.1) is 0 Å². The molecule has 0 saturated carbocycles. The van der Waals surface area contributed by atoms with Gasteiger partial charge >= 0.3 is 0 Å². The Balaban J connectivity index is 0.000000202. The lowest BCUT2D eigenvalue weighted by molar-refractivity contribution is 0.101. The minimum atomic E-state index is -0.463. The summed E-state index contributed by atoms with van der Waals surface area (Å²) in [5.74, 6) is -0.884. The highest BCUT2D eigenvalue weighted by Crippen LogP contribution is 2.33. The van der Waals surface area contributed by atoms with Crippen LogP contribution in [0.1, 0.15) is 73.4 Å². The summed E-state index contributed by atoms with van der Waals surface area (Å²) < 4.78 is 0. The third-order valence-corrected chi connectivity index (χ3v) is 8.73. The first-order valence-electron chi connectivity index (χ1n) is 17.0. The molecule has 268 valence electrons. The van der Waals surface area contributed by atoms with Gasteiger partial charge in [-0.1, -0.05) is 77.9 Å². The fraction of sp³-hybridized carbons (Fsp3) is 0.238. The maximum atomic E-state index is 12.7. The number of nitrogens with two attached hydrogens (primary N) is 1. The zero-order valence-electron chi connectivity index (χ0n) is 30.9. The second-order valence-corrected chi connectivity index (χ2v) is 15.0. The number of anilines is 4. The molecule has 0 fully saturated rings. The van der Waals surface area contributed by atoms with E-state index in [4.69, 9.17) is 5.73 Å². The van der Waals surface area contributed by atoms with Gasteiger partial charge in [0.1, 0.15) is 11.1 Å². The third-order valence-electron chi connectivity index (χ3n) is 8.73. The molecule has 0 aliphatic heterocycles. The van der Waals surface area contributed by atoms with Crippen LogP contribution in [0.4, 0.5) is 22.7 Å². The van der Waals surface area contributed by atoms with Gasteiger partial charge in [0.2, 0.25) is 10.9 Å². The topological polar surface area (TPSA) is 153 Å². The molecule has 0 aliphatic rings. The van der Waals surface area contributed by atoms with Crippen LogP contribution in [0.5, 0.6) is 0 Å². The highest BCUT2D eigenvalue weighted by Gasteiger charge is 2.21. The second kappa shape index (κ2) is 14.6. The molecule has 6 aromatic rings. The van der Waals surface area contributed by atoms with Crippen LogP contribution in [0.25, 0.3) is 21.8 Å². The van der Waals surface area contributed by atoms with Crippen LogP contribution < -0.4 is 32.1 Å². The van der Waals surface area contributed by atoms with E-state index in [1.54, 1.807) is 42.5 Å². The highest BCUT2D eigenvalue weighted by atomic mass is 16.2. The Morgan fingerprint density at radius 3 is 1.46 bits per heavy atom. The number of nitrogens with zero attached hydrogens (tertiary/aromatic N) is 1. The molecule has 0 aliphatic carbocycles. The number of rotatable bonds is 5. The average Bonchev–Trinajstić information content (AvgIpc) is 3.08. The van der Waals surface area contributed by atoms with E-state index in [0.717, 1.165) is 11.3 Å². The summed E-state index contributed by atoms with van der Waals surface area (Å²) in [4.78, 5) is 58.4. The van der Waals surface area contributed by atoms with Crippen LogP contribution >= 0.6 is 0 Å². The predicted octanol–water partition coefficient (Wildman–Crippen LogP) is 7.80. The van der Waals surface area contributed by atoms with Gasteiger partial charge in [-0.25, -0.2) is 0 Å². The van der Waals surface area contributed by atoms with Gasteiger partial charge in [-0.2, -0.15) is 0 Å². The summed E-state index contributed by atoms with van der Waals surface area (Å²) >= 11 is 0. The number of carbonyl (C=O) groups is 2. The molecule has 0 saturated heterocycles. The van der Waals surface area contributed by atoms with Crippen molar-refractivity contribution in [1.29, 1.82) is 0 Å². The van der Waals surface area contributed by atoms with Gasteiger partial charge in [-0.05, 0) is 70.5 Å². The van der Waals surface area contributed by atoms with Crippen molar-refractivity contribution in [2.24, 2.45) is 0 Å². The number of amides is 2. The first-order chi connectivity index (χ1) is 24.5. The Labute approximate surface area is 303 Å². The summed E-state index contributed by atoms with van der Waals surface area (Å²) in [6.45, 7) is 12.7. The minimum Gasteiger partial charge on any atom is -0.398 e. The monoisotopic (exact) mass is 698 g/mol. The van der Waals surface area contributed by atoms with Crippen molar-refractivity contribution in [2.45, 2.75) is 52.4 Å². The Morgan fingerprint density at radius 2 is 1.04 bits per heavy atom. The van der Waals surface area contributed by atoms with Crippen molar-refractivity contribution in [3.05, 3.63) is 140 Å². The smallest absolute Gasteiger partial charge is 0.261 e. The largest absolute Gasteiger partial charge is 0.398 e. The van der Waals surface area contributed by atoms with Gasteiger partial charge in [-0.3, -0.25) is 19.2 Å². The summed E-state index contributed by atoms with van der Waals surface area (Å²) in [6.07, 6.45) is 2.91. The lowest BCUT2D eigenvalue weighted by Crippen LogP contribution is -2.23. The Hall–Kier alpha value is -6.16. The molecule has 52 heavy (non-hydrogen) atoms. The minimum absolute atomic E-state index is 0.0162. The van der Waals surface area contributed by atoms with E-state index in [1.807, 2.05) is 61.5 Å². The fourth-order valence-electron chi connectivity index (χ4n) is 6.01. The number of fused-ring (bicyclic) bond motifs is 2. The lowest BCUT2D eigenvalue weighted by Gasteiger charge is -2.27. The number of aromatic amines is 2. The molecule has 6 N–H and O–H groups in total. The van der Waals surface area contributed by atoms with E-state index < -0.39 is 11.8 Å². The van der Waals surface area contributed by atoms with Crippen molar-refractivity contribution in [3.8, 4) is 0 Å². The summed E-state index contributed by atoms with van der Waals surface area (Å²) in [5, 5.41) is 6.58. The number of carbonyl (C=O) groups excluding carboxylic acids is 2. The van der Waals surface area contributed by atoms with E-state index in [0.29, 0.717) is 38.9 Å². The standard InChI is InChI=1S/C22H25N3O2.C20H21N3O2/c1-22(2,3)17-11-10-14(12-19(17)25(4)5)24-21(27)16-13-23-18-9-7-6-8-15(18)20(16)26;1-20(2,3)15-9-8-12(10-16(15)21)23-19(25)14-11-22-17-7-5-4-6-13(17)18(14)24/h6-13H,1-5H3,(H,23,26)(H,24,27);4-11H,21H2,1-3H3,(H,22,24)(H,23,25).